The first-order chi connectivity index (χ1) is 1.73. The van der Waals surface area contributed by atoms with Gasteiger partial charge in [-0.15, -0.1) is 12.4 Å². The smallest absolute Gasteiger partial charge is 0.0863 e. The fraction of sp³-hybridized carbons (Fsp3) is 0. The van der Waals surface area contributed by atoms with Crippen molar-refractivity contribution in [2.45, 2.75) is 0 Å². The minimum Gasteiger partial charge on any atom is -1.00 e. The largest absolute Gasteiger partial charge is 1.00 e. The van der Waals surface area contributed by atoms with Crippen molar-refractivity contribution in [1.29, 1.82) is 0 Å². The summed E-state index contributed by atoms with van der Waals surface area (Å²) in [6, 6.07) is 0. The summed E-state index contributed by atoms with van der Waals surface area (Å²) in [6.07, 6.45) is 0. The van der Waals surface area contributed by atoms with Crippen molar-refractivity contribution in [2.75, 3.05) is 0 Å². The molecule has 0 fully saturated rings. The molecule has 0 atom stereocenters. The molecule has 0 heterocycles. The van der Waals surface area contributed by atoms with Gasteiger partial charge in [0.2, 0.25) is 0 Å². The van der Waals surface area contributed by atoms with Crippen LogP contribution in [-0.4, -0.2) is 10.4 Å². The maximum Gasteiger partial charge on any atom is -0.0863 e. The fourth-order valence-electron chi connectivity index (χ4n) is 0. The van der Waals surface area contributed by atoms with Gasteiger partial charge in [0.15, 0.2) is 0 Å². The van der Waals surface area contributed by atoms with Gasteiger partial charge in [-0.2, -0.15) is 10.4 Å². The third kappa shape index (κ3) is 293. The summed E-state index contributed by atoms with van der Waals surface area (Å²) in [5.74, 6) is 0. The minimum absolute atomic E-state index is 0. The van der Waals surface area contributed by atoms with Crippen LogP contribution in [0.1, 0.15) is 0 Å². The van der Waals surface area contributed by atoms with Gasteiger partial charge in [0.05, 0.1) is 0 Å². The van der Waals surface area contributed by atoms with Gasteiger partial charge in [-0.05, 0) is 0 Å². The van der Waals surface area contributed by atoms with Gasteiger partial charge in [0, 0.05) is 0 Å². The van der Waals surface area contributed by atoms with Crippen LogP contribution in [0.25, 0.3) is 0 Å². The van der Waals surface area contributed by atoms with Crippen LogP contribution in [0.3, 0.4) is 0 Å². The summed E-state index contributed by atoms with van der Waals surface area (Å²) in [5, 5.41) is 20.7. The molecule has 0 bridgehead atoms. The van der Waals surface area contributed by atoms with E-state index in [-0.39, 0.29) is 24.8 Å². The number of nitrogens with one attached hydrogen (secondary N) is 1. The molecule has 0 saturated carbocycles. The molecule has 0 aliphatic carbocycles. The third-order valence-corrected chi connectivity index (χ3v) is 0. The van der Waals surface area contributed by atoms with E-state index in [1.807, 2.05) is 0 Å². The summed E-state index contributed by atoms with van der Waals surface area (Å²) < 4.78 is 0. The molecular weight excluding hydrogens is 133 g/mol. The Morgan fingerprint density at radius 1 is 1.33 bits per heavy atom. The zero-order valence-corrected chi connectivity index (χ0v) is 4.16. The van der Waals surface area contributed by atoms with Crippen LogP contribution in [0.15, 0.2) is 0 Å². The fourth-order valence-corrected chi connectivity index (χ4v) is 0. The Morgan fingerprint density at radius 2 is 1.33 bits per heavy atom. The summed E-state index contributed by atoms with van der Waals surface area (Å²) in [7, 11) is 0. The van der Waals surface area contributed by atoms with Gasteiger partial charge in [-0.25, -0.2) is 0 Å². The van der Waals surface area contributed by atoms with Gasteiger partial charge < -0.3 is 17.6 Å². The molecule has 0 aromatic carbocycles. The van der Waals surface area contributed by atoms with E-state index in [9.17, 15) is 0 Å². The molecule has 0 aromatic rings. The molecule has 0 saturated heterocycles. The van der Waals surface area contributed by atoms with Crippen LogP contribution in [0.2, 0.25) is 0 Å². The molecule has 0 aliphatic heterocycles. The second-order valence-corrected chi connectivity index (χ2v) is 0.283. The van der Waals surface area contributed by atoms with Crippen LogP contribution in [0.5, 0.6) is 0 Å². The van der Waals surface area contributed by atoms with E-state index in [2.05, 4.69) is 0 Å². The standard InChI is InChI=1S/2ClH.H3NO3/c;;2-1(3)4/h2*1H;1-3H/p-1. The van der Waals surface area contributed by atoms with E-state index in [1.165, 1.54) is 0 Å². The third-order valence-electron chi connectivity index (χ3n) is 0. The highest BCUT2D eigenvalue weighted by atomic mass is 35.5. The molecule has 0 unspecified atom stereocenters. The van der Waals surface area contributed by atoms with Crippen molar-refractivity contribution in [3.8, 4) is 0 Å². The average Bonchev–Trinajstić information content (AvgIpc) is 0.811. The molecule has 0 aromatic heterocycles. The molecule has 0 spiro atoms. The number of hydrogen-bond acceptors (Lipinski definition) is 3. The number of halogens is 2. The Balaban J connectivity index is -0.0000000450. The molecule has 4 nitrogen and oxygen atoms in total. The van der Waals surface area contributed by atoms with Crippen molar-refractivity contribution in [1.82, 2.24) is 0 Å². The minimum atomic E-state index is -1.83. The van der Waals surface area contributed by atoms with Crippen molar-refractivity contribution < 1.29 is 28.2 Å². The van der Waals surface area contributed by atoms with E-state index in [4.69, 9.17) is 15.6 Å². The van der Waals surface area contributed by atoms with E-state index >= 15 is 0 Å². The Hall–Kier alpha value is 0.420. The molecule has 0 radical (unpaired) electrons. The number of quaternary nitrogens is 1. The van der Waals surface area contributed by atoms with Crippen molar-refractivity contribution in [2.24, 2.45) is 0 Å². The normalized spacial score (nSPS) is 6.00. The highest BCUT2D eigenvalue weighted by Gasteiger charge is 1.55. The Morgan fingerprint density at radius 3 is 1.33 bits per heavy atom. The van der Waals surface area contributed by atoms with Gasteiger partial charge in [-0.3, -0.25) is 0 Å². The lowest BCUT2D eigenvalue weighted by molar-refractivity contribution is -1.20. The summed E-state index contributed by atoms with van der Waals surface area (Å²) >= 11 is 0. The first-order valence-corrected chi connectivity index (χ1v) is 0.651. The summed E-state index contributed by atoms with van der Waals surface area (Å²) in [6.45, 7) is 0. The van der Waals surface area contributed by atoms with Gasteiger partial charge in [0.1, 0.15) is 0 Å². The van der Waals surface area contributed by atoms with Crippen LogP contribution < -0.4 is 17.8 Å². The zero-order valence-electron chi connectivity index (χ0n) is 2.59. The van der Waals surface area contributed by atoms with E-state index < -0.39 is 5.39 Å². The summed E-state index contributed by atoms with van der Waals surface area (Å²) in [5.41, 5.74) is 0. The Kier molecular flexibility index (Phi) is 24.3. The topological polar surface area (TPSA) is 68.0 Å². The highest BCUT2D eigenvalue weighted by Crippen LogP contribution is 0.898. The van der Waals surface area contributed by atoms with Crippen LogP contribution in [0, 0.1) is 5.21 Å². The van der Waals surface area contributed by atoms with Crippen LogP contribution in [0.4, 0.5) is 0 Å². The van der Waals surface area contributed by atoms with Crippen LogP contribution in [-0.2, 0) is 0 Å². The molecule has 6 heteroatoms. The lowest BCUT2D eigenvalue weighted by atomic mass is 13.0. The van der Waals surface area contributed by atoms with E-state index in [0.717, 1.165) is 0 Å². The molecule has 6 heavy (non-hydrogen) atoms. The Labute approximate surface area is 46.7 Å². The van der Waals surface area contributed by atoms with Crippen molar-refractivity contribution in [3.63, 3.8) is 0 Å². The van der Waals surface area contributed by atoms with Gasteiger partial charge >= 0.3 is 0 Å². The predicted octanol–water partition coefficient (Wildman–Crippen LogP) is -4.43. The SMILES string of the molecule is Cl.[Cl-].[O-][NH+](O)O. The zero-order chi connectivity index (χ0) is 3.58. The quantitative estimate of drug-likeness (QED) is 0.295. The van der Waals surface area contributed by atoms with E-state index in [0.29, 0.717) is 0 Å². The highest BCUT2D eigenvalue weighted by molar-refractivity contribution is 5.85. The molecular formula is H4Cl2NO3-. The summed E-state index contributed by atoms with van der Waals surface area (Å²) in [4.78, 5) is 0. The first-order valence-electron chi connectivity index (χ1n) is 0.651. The molecule has 0 amide bonds. The predicted molar refractivity (Wildman–Crippen MR) is 15.2 cm³/mol. The number of rotatable bonds is 0. The second kappa shape index (κ2) is 9.05. The van der Waals surface area contributed by atoms with Gasteiger partial charge in [0.25, 0.3) is 0 Å². The van der Waals surface area contributed by atoms with Crippen molar-refractivity contribution >= 4 is 12.4 Å². The maximum atomic E-state index is 8.56. The molecule has 0 aliphatic rings. The van der Waals surface area contributed by atoms with Gasteiger partial charge in [-0.1, -0.05) is 5.39 Å². The maximum absolute atomic E-state index is 8.56. The first kappa shape index (κ1) is 16.1. The molecule has 42 valence electrons. The molecule has 3 N–H and O–H groups in total. The Bertz CT molecular complexity index is 13.5. The second-order valence-electron chi connectivity index (χ2n) is 0.283. The average molecular weight is 137 g/mol. The van der Waals surface area contributed by atoms with Crippen LogP contribution >= 0.6 is 12.4 Å². The molecule has 0 rings (SSSR count). The lowest BCUT2D eigenvalue weighted by Crippen LogP contribution is -3.01. The lowest BCUT2D eigenvalue weighted by Gasteiger charge is -1.94. The number of hydrogen-bond donors (Lipinski definition) is 3. The van der Waals surface area contributed by atoms with E-state index in [1.54, 1.807) is 0 Å². The van der Waals surface area contributed by atoms with Crippen molar-refractivity contribution in [3.05, 3.63) is 5.21 Å². The monoisotopic (exact) mass is 136 g/mol.